The van der Waals surface area contributed by atoms with E-state index in [0.717, 1.165) is 45.1 Å². The van der Waals surface area contributed by atoms with Crippen molar-refractivity contribution in [1.82, 2.24) is 4.90 Å². The summed E-state index contributed by atoms with van der Waals surface area (Å²) in [5.74, 6) is -0.0357. The molecule has 1 spiro atoms. The first-order chi connectivity index (χ1) is 10.2. The summed E-state index contributed by atoms with van der Waals surface area (Å²) in [6.45, 7) is 4.22. The molecule has 3 aliphatic rings. The van der Waals surface area contributed by atoms with Crippen LogP contribution in [0.25, 0.3) is 0 Å². The van der Waals surface area contributed by atoms with Crippen molar-refractivity contribution in [2.45, 2.75) is 63.4 Å². The Bertz CT molecular complexity index is 370. The first-order valence-corrected chi connectivity index (χ1v) is 8.31. The zero-order chi connectivity index (χ0) is 14.9. The van der Waals surface area contributed by atoms with Gasteiger partial charge < -0.3 is 19.1 Å². The van der Waals surface area contributed by atoms with Gasteiger partial charge in [-0.2, -0.15) is 0 Å². The Hall–Kier alpha value is -0.650. The number of carbonyl (C=O) groups excluding carboxylic acids is 1. The third-order valence-electron chi connectivity index (χ3n) is 5.35. The van der Waals surface area contributed by atoms with Gasteiger partial charge in [-0.25, -0.2) is 0 Å². The van der Waals surface area contributed by atoms with Crippen molar-refractivity contribution in [3.05, 3.63) is 0 Å². The summed E-state index contributed by atoms with van der Waals surface area (Å²) in [4.78, 5) is 14.7. The highest BCUT2D eigenvalue weighted by molar-refractivity contribution is 5.79. The van der Waals surface area contributed by atoms with E-state index in [1.807, 2.05) is 11.9 Å². The average Bonchev–Trinajstić information content (AvgIpc) is 3.16. The molecule has 1 aliphatic carbocycles. The maximum absolute atomic E-state index is 12.7. The van der Waals surface area contributed by atoms with Crippen LogP contribution in [-0.4, -0.2) is 55.6 Å². The van der Waals surface area contributed by atoms with Crippen LogP contribution in [0.5, 0.6) is 0 Å². The van der Waals surface area contributed by atoms with E-state index in [4.69, 9.17) is 14.2 Å². The van der Waals surface area contributed by atoms with Gasteiger partial charge in [0.2, 0.25) is 5.91 Å². The second-order valence-corrected chi connectivity index (χ2v) is 6.50. The number of hydrogen-bond acceptors (Lipinski definition) is 4. The van der Waals surface area contributed by atoms with E-state index in [-0.39, 0.29) is 23.7 Å². The number of carbonyl (C=O) groups is 1. The van der Waals surface area contributed by atoms with Crippen LogP contribution in [0.15, 0.2) is 0 Å². The molecule has 0 aromatic rings. The zero-order valence-corrected chi connectivity index (χ0v) is 13.2. The molecule has 1 saturated carbocycles. The van der Waals surface area contributed by atoms with Gasteiger partial charge in [0.15, 0.2) is 5.79 Å². The summed E-state index contributed by atoms with van der Waals surface area (Å²) in [5, 5.41) is 0. The lowest BCUT2D eigenvalue weighted by molar-refractivity contribution is -0.185. The molecule has 0 radical (unpaired) electrons. The van der Waals surface area contributed by atoms with Gasteiger partial charge in [0.1, 0.15) is 0 Å². The topological polar surface area (TPSA) is 48.0 Å². The fourth-order valence-electron chi connectivity index (χ4n) is 3.99. The molecule has 3 rings (SSSR count). The normalized spacial score (nSPS) is 32.7. The van der Waals surface area contributed by atoms with Crippen molar-refractivity contribution in [1.29, 1.82) is 0 Å². The highest BCUT2D eigenvalue weighted by Gasteiger charge is 2.43. The fraction of sp³-hybridized carbons (Fsp3) is 0.938. The van der Waals surface area contributed by atoms with Crippen LogP contribution in [-0.2, 0) is 19.0 Å². The van der Waals surface area contributed by atoms with Gasteiger partial charge in [-0.15, -0.1) is 0 Å². The molecule has 2 aliphatic heterocycles. The summed E-state index contributed by atoms with van der Waals surface area (Å²) in [7, 11) is 1.95. The number of ether oxygens (including phenoxy) is 3. The van der Waals surface area contributed by atoms with E-state index in [1.54, 1.807) is 0 Å². The average molecular weight is 297 g/mol. The molecular formula is C16H27NO4. The Morgan fingerprint density at radius 3 is 2.43 bits per heavy atom. The van der Waals surface area contributed by atoms with Crippen LogP contribution in [0.3, 0.4) is 0 Å². The smallest absolute Gasteiger partial charge is 0.228 e. The summed E-state index contributed by atoms with van der Waals surface area (Å²) in [5.41, 5.74) is 0. The van der Waals surface area contributed by atoms with E-state index in [0.29, 0.717) is 19.3 Å². The van der Waals surface area contributed by atoms with Gasteiger partial charge in [-0.05, 0) is 25.7 Å². The van der Waals surface area contributed by atoms with Crippen molar-refractivity contribution >= 4 is 5.91 Å². The van der Waals surface area contributed by atoms with Gasteiger partial charge in [0.05, 0.1) is 25.2 Å². The maximum atomic E-state index is 12.7. The summed E-state index contributed by atoms with van der Waals surface area (Å²) in [6.07, 6.45) is 5.61. The molecule has 3 fully saturated rings. The van der Waals surface area contributed by atoms with Gasteiger partial charge >= 0.3 is 0 Å². The molecule has 2 atom stereocenters. The van der Waals surface area contributed by atoms with Gasteiger partial charge in [-0.3, -0.25) is 4.79 Å². The molecular weight excluding hydrogens is 270 g/mol. The quantitative estimate of drug-likeness (QED) is 0.799. The number of nitrogens with zero attached hydrogens (tertiary/aromatic N) is 1. The Morgan fingerprint density at radius 1 is 1.14 bits per heavy atom. The maximum Gasteiger partial charge on any atom is 0.228 e. The summed E-state index contributed by atoms with van der Waals surface area (Å²) >= 11 is 0. The number of amides is 1. The Morgan fingerprint density at radius 2 is 1.81 bits per heavy atom. The van der Waals surface area contributed by atoms with E-state index >= 15 is 0 Å². The van der Waals surface area contributed by atoms with Crippen molar-refractivity contribution in [2.24, 2.45) is 5.92 Å². The van der Waals surface area contributed by atoms with Crippen molar-refractivity contribution in [2.75, 3.05) is 26.9 Å². The van der Waals surface area contributed by atoms with Crippen LogP contribution in [0.1, 0.15) is 45.4 Å². The molecule has 1 amide bonds. The predicted molar refractivity (Wildman–Crippen MR) is 77.8 cm³/mol. The van der Waals surface area contributed by atoms with E-state index in [2.05, 4.69) is 6.92 Å². The molecule has 5 heteroatoms. The summed E-state index contributed by atoms with van der Waals surface area (Å²) < 4.78 is 17.2. The lowest BCUT2D eigenvalue weighted by Gasteiger charge is -2.40. The SMILES string of the molecule is CCC1OCCC1C(=O)N(C)C1CCC2(CC1)OCCO2. The van der Waals surface area contributed by atoms with Crippen molar-refractivity contribution in [3.63, 3.8) is 0 Å². The van der Waals surface area contributed by atoms with Crippen LogP contribution in [0.2, 0.25) is 0 Å². The Labute approximate surface area is 126 Å². The Kier molecular flexibility index (Phi) is 4.52. The van der Waals surface area contributed by atoms with Crippen LogP contribution in [0.4, 0.5) is 0 Å². The lowest BCUT2D eigenvalue weighted by Crippen LogP contribution is -2.47. The molecule has 2 heterocycles. The molecule has 21 heavy (non-hydrogen) atoms. The second kappa shape index (κ2) is 6.23. The van der Waals surface area contributed by atoms with Gasteiger partial charge in [0.25, 0.3) is 0 Å². The molecule has 120 valence electrons. The van der Waals surface area contributed by atoms with Crippen LogP contribution >= 0.6 is 0 Å². The first kappa shape index (κ1) is 15.3. The zero-order valence-electron chi connectivity index (χ0n) is 13.2. The molecule has 0 bridgehead atoms. The molecule has 0 N–H and O–H groups in total. The highest BCUT2D eigenvalue weighted by Crippen LogP contribution is 2.37. The monoisotopic (exact) mass is 297 g/mol. The molecule has 0 aromatic heterocycles. The molecule has 0 aromatic carbocycles. The summed E-state index contributed by atoms with van der Waals surface area (Å²) in [6, 6.07) is 0.314. The van der Waals surface area contributed by atoms with Crippen LogP contribution < -0.4 is 0 Å². The van der Waals surface area contributed by atoms with Crippen molar-refractivity contribution in [3.8, 4) is 0 Å². The van der Waals surface area contributed by atoms with Gasteiger partial charge in [0, 0.05) is 32.5 Å². The number of hydrogen-bond donors (Lipinski definition) is 0. The highest BCUT2D eigenvalue weighted by atomic mass is 16.7. The molecule has 5 nitrogen and oxygen atoms in total. The van der Waals surface area contributed by atoms with E-state index < -0.39 is 0 Å². The molecule has 2 saturated heterocycles. The van der Waals surface area contributed by atoms with Crippen molar-refractivity contribution < 1.29 is 19.0 Å². The second-order valence-electron chi connectivity index (χ2n) is 6.50. The minimum atomic E-state index is -0.344. The van der Waals surface area contributed by atoms with Crippen LogP contribution in [0, 0.1) is 5.92 Å². The largest absolute Gasteiger partial charge is 0.377 e. The standard InChI is InChI=1S/C16H27NO4/c1-3-14-13(6-9-19-14)15(18)17(2)12-4-7-16(8-5-12)20-10-11-21-16/h12-14H,3-11H2,1-2H3. The molecule has 2 unspecified atom stereocenters. The third-order valence-corrected chi connectivity index (χ3v) is 5.35. The third kappa shape index (κ3) is 2.96. The Balaban J connectivity index is 1.56. The predicted octanol–water partition coefficient (Wildman–Crippen LogP) is 1.95. The minimum absolute atomic E-state index is 0.0508. The first-order valence-electron chi connectivity index (χ1n) is 8.31. The van der Waals surface area contributed by atoms with E-state index in [9.17, 15) is 4.79 Å². The van der Waals surface area contributed by atoms with Gasteiger partial charge in [-0.1, -0.05) is 6.92 Å². The van der Waals surface area contributed by atoms with E-state index in [1.165, 1.54) is 0 Å². The number of rotatable bonds is 3. The fourth-order valence-corrected chi connectivity index (χ4v) is 3.99. The lowest BCUT2D eigenvalue weighted by atomic mass is 9.88. The minimum Gasteiger partial charge on any atom is -0.377 e.